The van der Waals surface area contributed by atoms with Gasteiger partial charge in [0.05, 0.1) is 5.60 Å². The maximum absolute atomic E-state index is 6.17. The van der Waals surface area contributed by atoms with Crippen molar-refractivity contribution < 1.29 is 4.74 Å². The van der Waals surface area contributed by atoms with E-state index in [4.69, 9.17) is 4.74 Å². The molecule has 2 saturated carbocycles. The quantitative estimate of drug-likeness (QED) is 0.600. The lowest BCUT2D eigenvalue weighted by molar-refractivity contribution is -0.200. The Kier molecular flexibility index (Phi) is 2.55. The maximum Gasteiger partial charge on any atom is 0.0689 e. The van der Waals surface area contributed by atoms with Crippen molar-refractivity contribution in [2.75, 3.05) is 6.61 Å². The SMILES string of the molecule is CC1(C)CCC[C@]2(C)[C@@H]3CCO[C@@]3(C)CCC12C. The number of hydrogen-bond donors (Lipinski definition) is 0. The molecule has 1 unspecified atom stereocenters. The van der Waals surface area contributed by atoms with E-state index in [9.17, 15) is 0 Å². The van der Waals surface area contributed by atoms with Crippen molar-refractivity contribution in [2.24, 2.45) is 22.2 Å². The molecule has 1 aliphatic heterocycles. The van der Waals surface area contributed by atoms with Crippen LogP contribution in [0, 0.1) is 22.2 Å². The molecule has 1 saturated heterocycles. The van der Waals surface area contributed by atoms with Crippen LogP contribution >= 0.6 is 0 Å². The largest absolute Gasteiger partial charge is 0.375 e. The minimum absolute atomic E-state index is 0.182. The molecule has 3 rings (SSSR count). The van der Waals surface area contributed by atoms with Crippen LogP contribution in [0.4, 0.5) is 0 Å². The van der Waals surface area contributed by atoms with Crippen LogP contribution in [0.2, 0.25) is 0 Å². The van der Waals surface area contributed by atoms with Gasteiger partial charge in [0.25, 0.3) is 0 Å². The van der Waals surface area contributed by atoms with Crippen LogP contribution in [-0.4, -0.2) is 12.2 Å². The monoisotopic (exact) mass is 250 g/mol. The summed E-state index contributed by atoms with van der Waals surface area (Å²) in [6.45, 7) is 13.6. The Bertz CT molecular complexity index is 361. The highest BCUT2D eigenvalue weighted by atomic mass is 16.5. The Hall–Kier alpha value is -0.0400. The van der Waals surface area contributed by atoms with E-state index in [0.717, 1.165) is 12.5 Å². The van der Waals surface area contributed by atoms with Gasteiger partial charge < -0.3 is 4.74 Å². The summed E-state index contributed by atoms with van der Waals surface area (Å²) in [5.41, 5.74) is 1.65. The number of ether oxygens (including phenoxy) is 1. The lowest BCUT2D eigenvalue weighted by Gasteiger charge is -2.67. The first-order chi connectivity index (χ1) is 8.25. The molecule has 0 amide bonds. The van der Waals surface area contributed by atoms with Crippen molar-refractivity contribution in [2.45, 2.75) is 78.7 Å². The van der Waals surface area contributed by atoms with Gasteiger partial charge in [-0.1, -0.05) is 34.1 Å². The van der Waals surface area contributed by atoms with E-state index in [1.807, 2.05) is 0 Å². The normalized spacial score (nSPS) is 54.8. The van der Waals surface area contributed by atoms with Gasteiger partial charge in [-0.3, -0.25) is 0 Å². The molecule has 1 heteroatoms. The summed E-state index contributed by atoms with van der Waals surface area (Å²) in [4.78, 5) is 0. The second-order valence-electron chi connectivity index (χ2n) is 8.49. The Balaban J connectivity index is 2.07. The molecule has 0 radical (unpaired) electrons. The molecule has 0 aromatic carbocycles. The molecule has 4 atom stereocenters. The average molecular weight is 250 g/mol. The molecule has 2 aliphatic carbocycles. The van der Waals surface area contributed by atoms with E-state index < -0.39 is 0 Å². The molecule has 3 aliphatic rings. The summed E-state index contributed by atoms with van der Waals surface area (Å²) in [5.74, 6) is 0.781. The van der Waals surface area contributed by atoms with Crippen molar-refractivity contribution in [1.82, 2.24) is 0 Å². The predicted molar refractivity (Wildman–Crippen MR) is 75.5 cm³/mol. The molecular formula is C17H30O. The van der Waals surface area contributed by atoms with E-state index in [1.54, 1.807) is 0 Å². The average Bonchev–Trinajstić information content (AvgIpc) is 2.66. The summed E-state index contributed by atoms with van der Waals surface area (Å²) in [6, 6.07) is 0. The highest BCUT2D eigenvalue weighted by Gasteiger charge is 2.65. The molecule has 18 heavy (non-hydrogen) atoms. The molecule has 3 fully saturated rings. The fraction of sp³-hybridized carbons (Fsp3) is 1.00. The first-order valence-corrected chi connectivity index (χ1v) is 7.89. The highest BCUT2D eigenvalue weighted by Crippen LogP contribution is 2.71. The van der Waals surface area contributed by atoms with Gasteiger partial charge >= 0.3 is 0 Å². The van der Waals surface area contributed by atoms with Crippen LogP contribution in [0.5, 0.6) is 0 Å². The zero-order valence-electron chi connectivity index (χ0n) is 12.9. The molecular weight excluding hydrogens is 220 g/mol. The Morgan fingerprint density at radius 2 is 1.61 bits per heavy atom. The first kappa shape index (κ1) is 13.0. The minimum atomic E-state index is 0.182. The standard InChI is InChI=1S/C17H30O/c1-14(2)8-6-9-15(3)13-7-12-18-16(13,4)10-11-17(14,15)5/h13H,6-12H2,1-5H3/t13-,15+,16-,17?/m0/s1. The smallest absolute Gasteiger partial charge is 0.0689 e. The summed E-state index contributed by atoms with van der Waals surface area (Å²) in [6.07, 6.45) is 8.14. The van der Waals surface area contributed by atoms with Crippen molar-refractivity contribution in [3.8, 4) is 0 Å². The van der Waals surface area contributed by atoms with Crippen molar-refractivity contribution in [3.63, 3.8) is 0 Å². The van der Waals surface area contributed by atoms with Gasteiger partial charge in [-0.2, -0.15) is 0 Å². The Morgan fingerprint density at radius 1 is 0.889 bits per heavy atom. The number of fused-ring (bicyclic) bond motifs is 3. The van der Waals surface area contributed by atoms with Gasteiger partial charge in [0.1, 0.15) is 0 Å². The summed E-state index contributed by atoms with van der Waals surface area (Å²) >= 11 is 0. The molecule has 0 bridgehead atoms. The summed E-state index contributed by atoms with van der Waals surface area (Å²) in [7, 11) is 0. The second kappa shape index (κ2) is 3.53. The summed E-state index contributed by atoms with van der Waals surface area (Å²) < 4.78 is 6.17. The molecule has 0 N–H and O–H groups in total. The Labute approximate surface area is 113 Å². The van der Waals surface area contributed by atoms with E-state index in [-0.39, 0.29) is 5.60 Å². The third kappa shape index (κ3) is 1.32. The molecule has 0 aromatic rings. The van der Waals surface area contributed by atoms with E-state index in [0.29, 0.717) is 16.2 Å². The molecule has 0 spiro atoms. The van der Waals surface area contributed by atoms with Crippen LogP contribution in [0.1, 0.15) is 73.1 Å². The highest BCUT2D eigenvalue weighted by molar-refractivity contribution is 5.15. The topological polar surface area (TPSA) is 9.23 Å². The number of hydrogen-bond acceptors (Lipinski definition) is 1. The van der Waals surface area contributed by atoms with Crippen molar-refractivity contribution in [3.05, 3.63) is 0 Å². The maximum atomic E-state index is 6.17. The predicted octanol–water partition coefficient (Wildman–Crippen LogP) is 4.80. The van der Waals surface area contributed by atoms with Gasteiger partial charge in [0, 0.05) is 6.61 Å². The van der Waals surface area contributed by atoms with Crippen LogP contribution in [0.3, 0.4) is 0 Å². The van der Waals surface area contributed by atoms with Gasteiger partial charge in [-0.15, -0.1) is 0 Å². The third-order valence-corrected chi connectivity index (χ3v) is 7.72. The summed E-state index contributed by atoms with van der Waals surface area (Å²) in [5, 5.41) is 0. The van der Waals surface area contributed by atoms with Gasteiger partial charge in [-0.05, 0) is 61.2 Å². The van der Waals surface area contributed by atoms with Crippen molar-refractivity contribution >= 4 is 0 Å². The van der Waals surface area contributed by atoms with Crippen LogP contribution < -0.4 is 0 Å². The van der Waals surface area contributed by atoms with Gasteiger partial charge in [0.15, 0.2) is 0 Å². The van der Waals surface area contributed by atoms with E-state index >= 15 is 0 Å². The van der Waals surface area contributed by atoms with Crippen LogP contribution in [0.15, 0.2) is 0 Å². The molecule has 1 nitrogen and oxygen atoms in total. The second-order valence-corrected chi connectivity index (χ2v) is 8.49. The van der Waals surface area contributed by atoms with Gasteiger partial charge in [0.2, 0.25) is 0 Å². The third-order valence-electron chi connectivity index (χ3n) is 7.72. The fourth-order valence-corrected chi connectivity index (χ4v) is 5.96. The first-order valence-electron chi connectivity index (χ1n) is 7.89. The van der Waals surface area contributed by atoms with E-state index in [2.05, 4.69) is 34.6 Å². The van der Waals surface area contributed by atoms with Crippen LogP contribution in [-0.2, 0) is 4.74 Å². The lowest BCUT2D eigenvalue weighted by Crippen LogP contribution is -2.61. The molecule has 1 heterocycles. The van der Waals surface area contributed by atoms with Crippen molar-refractivity contribution in [1.29, 1.82) is 0 Å². The lowest BCUT2D eigenvalue weighted by atomic mass is 9.38. The minimum Gasteiger partial charge on any atom is -0.375 e. The zero-order chi connectivity index (χ0) is 13.2. The van der Waals surface area contributed by atoms with Crippen LogP contribution in [0.25, 0.3) is 0 Å². The fourth-order valence-electron chi connectivity index (χ4n) is 5.96. The zero-order valence-corrected chi connectivity index (χ0v) is 12.9. The molecule has 0 aromatic heterocycles. The van der Waals surface area contributed by atoms with Gasteiger partial charge in [-0.25, -0.2) is 0 Å². The Morgan fingerprint density at radius 3 is 2.33 bits per heavy atom. The number of rotatable bonds is 0. The molecule has 104 valence electrons. The van der Waals surface area contributed by atoms with E-state index in [1.165, 1.54) is 38.5 Å².